The minimum Gasteiger partial charge on any atom is -0.768 e. The lowest BCUT2D eigenvalue weighted by atomic mass is 10.2. The Bertz CT molecular complexity index is 772. The van der Waals surface area contributed by atoms with Crippen LogP contribution in [0.5, 0.6) is 5.75 Å². The zero-order chi connectivity index (χ0) is 16.2. The van der Waals surface area contributed by atoms with Crippen LogP contribution in [0.4, 0.5) is 0 Å². The third-order valence-electron chi connectivity index (χ3n) is 2.97. The number of sulfonamides is 1. The summed E-state index contributed by atoms with van der Waals surface area (Å²) >= 11 is -2.38. The first-order chi connectivity index (χ1) is 10.4. The molecule has 1 atom stereocenters. The lowest BCUT2D eigenvalue weighted by molar-refractivity contribution is 0.409. The number of benzene rings is 2. The molecule has 1 N–H and O–H groups in total. The second-order valence-corrected chi connectivity index (χ2v) is 7.05. The molecule has 0 heterocycles. The molecule has 2 rings (SSSR count). The predicted octanol–water partition coefficient (Wildman–Crippen LogP) is 1.41. The van der Waals surface area contributed by atoms with Crippen molar-refractivity contribution in [3.05, 3.63) is 54.1 Å². The van der Waals surface area contributed by atoms with Gasteiger partial charge in [-0.15, -0.1) is 0 Å². The maximum atomic E-state index is 12.2. The van der Waals surface area contributed by atoms with Crippen LogP contribution in [0.2, 0.25) is 0 Å². The van der Waals surface area contributed by atoms with Crippen molar-refractivity contribution in [2.24, 2.45) is 0 Å². The van der Waals surface area contributed by atoms with Gasteiger partial charge in [-0.1, -0.05) is 18.2 Å². The first kappa shape index (κ1) is 16.6. The largest absolute Gasteiger partial charge is 0.768 e. The number of nitrogens with one attached hydrogen (secondary N) is 1. The maximum absolute atomic E-state index is 12.2. The minimum absolute atomic E-state index is 0.00315. The molecule has 118 valence electrons. The van der Waals surface area contributed by atoms with Gasteiger partial charge in [0.2, 0.25) is 10.0 Å². The van der Waals surface area contributed by atoms with E-state index in [-0.39, 0.29) is 16.3 Å². The highest BCUT2D eigenvalue weighted by molar-refractivity contribution is 7.89. The molecule has 0 saturated carbocycles. The molecule has 0 amide bonds. The average Bonchev–Trinajstić information content (AvgIpc) is 2.53. The van der Waals surface area contributed by atoms with Crippen molar-refractivity contribution in [1.82, 2.24) is 4.72 Å². The lowest BCUT2D eigenvalue weighted by Gasteiger charge is -2.11. The van der Waals surface area contributed by atoms with E-state index in [0.29, 0.717) is 11.3 Å². The number of hydrogen-bond acceptors (Lipinski definition) is 5. The Morgan fingerprint density at radius 1 is 1.14 bits per heavy atom. The van der Waals surface area contributed by atoms with Gasteiger partial charge in [-0.2, -0.15) is 0 Å². The third-order valence-corrected chi connectivity index (χ3v) is 5.05. The second kappa shape index (κ2) is 7.01. The Labute approximate surface area is 131 Å². The Morgan fingerprint density at radius 2 is 1.77 bits per heavy atom. The summed E-state index contributed by atoms with van der Waals surface area (Å²) in [5.41, 5.74) is 0.700. The van der Waals surface area contributed by atoms with Crippen LogP contribution in [0.15, 0.2) is 58.3 Å². The molecular formula is C14H14NO5S2-. The van der Waals surface area contributed by atoms with Crippen LogP contribution in [-0.4, -0.2) is 24.3 Å². The molecule has 1 unspecified atom stereocenters. The van der Waals surface area contributed by atoms with Crippen LogP contribution in [0.3, 0.4) is 0 Å². The van der Waals surface area contributed by atoms with E-state index < -0.39 is 21.1 Å². The molecule has 0 aliphatic carbocycles. The molecule has 2 aromatic rings. The van der Waals surface area contributed by atoms with Crippen molar-refractivity contribution in [3.8, 4) is 5.75 Å². The van der Waals surface area contributed by atoms with E-state index >= 15 is 0 Å². The Hall–Kier alpha value is -1.74. The Kier molecular flexibility index (Phi) is 5.30. The van der Waals surface area contributed by atoms with Gasteiger partial charge in [0.15, 0.2) is 0 Å². The first-order valence-electron chi connectivity index (χ1n) is 6.25. The molecule has 0 saturated heterocycles. The van der Waals surface area contributed by atoms with Crippen molar-refractivity contribution < 1.29 is 21.9 Å². The molecule has 0 aliphatic rings. The average molecular weight is 340 g/mol. The predicted molar refractivity (Wildman–Crippen MR) is 80.6 cm³/mol. The van der Waals surface area contributed by atoms with Gasteiger partial charge in [0.1, 0.15) is 5.75 Å². The molecule has 22 heavy (non-hydrogen) atoms. The van der Waals surface area contributed by atoms with Crippen molar-refractivity contribution in [3.63, 3.8) is 0 Å². The quantitative estimate of drug-likeness (QED) is 0.802. The highest BCUT2D eigenvalue weighted by Gasteiger charge is 2.14. The van der Waals surface area contributed by atoms with E-state index in [1.165, 1.54) is 31.4 Å². The van der Waals surface area contributed by atoms with Crippen molar-refractivity contribution in [2.45, 2.75) is 16.3 Å². The molecule has 0 fully saturated rings. The van der Waals surface area contributed by atoms with E-state index in [2.05, 4.69) is 4.72 Å². The molecular weight excluding hydrogens is 326 g/mol. The van der Waals surface area contributed by atoms with Crippen LogP contribution in [0.25, 0.3) is 0 Å². The fraction of sp³-hybridized carbons (Fsp3) is 0.143. The number of para-hydroxylation sites is 1. The van der Waals surface area contributed by atoms with E-state index in [0.717, 1.165) is 0 Å². The summed E-state index contributed by atoms with van der Waals surface area (Å²) in [5, 5.41) is 0. The van der Waals surface area contributed by atoms with Crippen molar-refractivity contribution >= 4 is 21.1 Å². The highest BCUT2D eigenvalue weighted by atomic mass is 32.2. The normalized spacial score (nSPS) is 12.8. The van der Waals surface area contributed by atoms with Gasteiger partial charge in [-0.05, 0) is 41.4 Å². The van der Waals surface area contributed by atoms with E-state index in [1.54, 1.807) is 24.3 Å². The highest BCUT2D eigenvalue weighted by Crippen LogP contribution is 2.18. The summed E-state index contributed by atoms with van der Waals surface area (Å²) in [4.78, 5) is 0.0280. The first-order valence-corrected chi connectivity index (χ1v) is 8.81. The SMILES string of the molecule is COc1ccccc1CNS(=O)(=O)c1ccc(S(=O)[O-])cc1. The van der Waals surface area contributed by atoms with Gasteiger partial charge in [0, 0.05) is 17.0 Å². The van der Waals surface area contributed by atoms with Gasteiger partial charge < -0.3 is 9.29 Å². The second-order valence-electron chi connectivity index (χ2n) is 4.34. The van der Waals surface area contributed by atoms with Crippen LogP contribution < -0.4 is 9.46 Å². The van der Waals surface area contributed by atoms with E-state index in [9.17, 15) is 17.2 Å². The number of ether oxygens (including phenoxy) is 1. The molecule has 0 spiro atoms. The molecule has 0 radical (unpaired) electrons. The number of rotatable bonds is 6. The topological polar surface area (TPSA) is 95.5 Å². The fourth-order valence-corrected chi connectivity index (χ4v) is 3.20. The zero-order valence-electron chi connectivity index (χ0n) is 11.7. The molecule has 6 nitrogen and oxygen atoms in total. The van der Waals surface area contributed by atoms with Crippen LogP contribution >= 0.6 is 0 Å². The minimum atomic E-state index is -3.73. The van der Waals surface area contributed by atoms with Crippen molar-refractivity contribution in [1.29, 1.82) is 0 Å². The summed E-state index contributed by atoms with van der Waals surface area (Å²) in [6.07, 6.45) is 0. The lowest BCUT2D eigenvalue weighted by Crippen LogP contribution is -2.23. The van der Waals surface area contributed by atoms with Crippen LogP contribution in [0.1, 0.15) is 5.56 Å². The number of hydrogen-bond donors (Lipinski definition) is 1. The number of methoxy groups -OCH3 is 1. The van der Waals surface area contributed by atoms with Crippen molar-refractivity contribution in [2.75, 3.05) is 7.11 Å². The van der Waals surface area contributed by atoms with Gasteiger partial charge in [-0.25, -0.2) is 13.1 Å². The third kappa shape index (κ3) is 3.92. The van der Waals surface area contributed by atoms with Gasteiger partial charge in [0.05, 0.1) is 12.0 Å². The summed E-state index contributed by atoms with van der Waals surface area (Å²) in [6, 6.07) is 12.0. The molecule has 8 heteroatoms. The monoisotopic (exact) mass is 340 g/mol. The molecule has 0 aliphatic heterocycles. The van der Waals surface area contributed by atoms with Gasteiger partial charge >= 0.3 is 0 Å². The van der Waals surface area contributed by atoms with E-state index in [1.807, 2.05) is 0 Å². The Balaban J connectivity index is 2.15. The Morgan fingerprint density at radius 3 is 2.36 bits per heavy atom. The summed E-state index contributed by atoms with van der Waals surface area (Å²) < 4.78 is 53.5. The molecule has 2 aromatic carbocycles. The zero-order valence-corrected chi connectivity index (χ0v) is 13.3. The van der Waals surface area contributed by atoms with Crippen LogP contribution in [0, 0.1) is 0 Å². The molecule has 0 bridgehead atoms. The smallest absolute Gasteiger partial charge is 0.240 e. The summed E-state index contributed by atoms with van der Waals surface area (Å²) in [7, 11) is -2.22. The van der Waals surface area contributed by atoms with E-state index in [4.69, 9.17) is 4.74 Å². The standard InChI is InChI=1S/C14H15NO5S2/c1-20-14-5-3-2-4-11(14)10-15-22(18,19)13-8-6-12(7-9-13)21(16)17/h2-9,15H,10H2,1H3,(H,16,17)/p-1. The summed E-state index contributed by atoms with van der Waals surface area (Å²) in [6.45, 7) is 0.0710. The molecule has 0 aromatic heterocycles. The summed E-state index contributed by atoms with van der Waals surface area (Å²) in [5.74, 6) is 0.585. The van der Waals surface area contributed by atoms with Gasteiger partial charge in [-0.3, -0.25) is 4.21 Å². The fourth-order valence-electron chi connectivity index (χ4n) is 1.84. The van der Waals surface area contributed by atoms with Gasteiger partial charge in [0.25, 0.3) is 0 Å². The maximum Gasteiger partial charge on any atom is 0.240 e. The van der Waals surface area contributed by atoms with Crippen LogP contribution in [-0.2, 0) is 27.6 Å².